The average Bonchev–Trinajstić information content (AvgIpc) is 2.39. The molecule has 8 heteroatoms. The molecule has 0 radical (unpaired) electrons. The van der Waals surface area contributed by atoms with Crippen LogP contribution in [-0.4, -0.2) is 25.0 Å². The van der Waals surface area contributed by atoms with E-state index in [-0.39, 0.29) is 16.7 Å². The van der Waals surface area contributed by atoms with Crippen molar-refractivity contribution in [3.05, 3.63) is 36.5 Å². The van der Waals surface area contributed by atoms with E-state index in [1.807, 2.05) is 0 Å². The second kappa shape index (κ2) is 5.74. The molecule has 3 N–H and O–H groups in total. The van der Waals surface area contributed by atoms with Gasteiger partial charge in [-0.2, -0.15) is 4.98 Å². The first-order valence-electron chi connectivity index (χ1n) is 5.85. The lowest BCUT2D eigenvalue weighted by molar-refractivity contribution is 0.313. The number of rotatable bonds is 5. The first kappa shape index (κ1) is 14.1. The Morgan fingerprint density at radius 3 is 2.60 bits per heavy atom. The van der Waals surface area contributed by atoms with Crippen molar-refractivity contribution in [1.29, 1.82) is 0 Å². The van der Waals surface area contributed by atoms with Crippen molar-refractivity contribution >= 4 is 21.5 Å². The van der Waals surface area contributed by atoms with Crippen LogP contribution >= 0.6 is 0 Å². The lowest BCUT2D eigenvalue weighted by Crippen LogP contribution is -2.14. The number of nitrogen functional groups attached to an aromatic ring is 1. The molecular weight excluding hydrogens is 280 g/mol. The smallest absolute Gasteiger partial charge is 0.318 e. The highest BCUT2D eigenvalue weighted by atomic mass is 32.2. The highest BCUT2D eigenvalue weighted by Crippen LogP contribution is 2.16. The number of hydrogen-bond donors (Lipinski definition) is 2. The number of aromatic nitrogens is 2. The zero-order chi connectivity index (χ0) is 14.6. The number of nitrogens with one attached hydrogen (secondary N) is 1. The van der Waals surface area contributed by atoms with Crippen LogP contribution in [0, 0.1) is 0 Å². The zero-order valence-corrected chi connectivity index (χ0v) is 11.6. The quantitative estimate of drug-likeness (QED) is 0.804. The molecule has 2 aromatic rings. The van der Waals surface area contributed by atoms with Crippen LogP contribution in [0.1, 0.15) is 6.92 Å². The molecular formula is C12H14N4O3S. The van der Waals surface area contributed by atoms with Crippen molar-refractivity contribution < 1.29 is 13.2 Å². The van der Waals surface area contributed by atoms with E-state index in [0.717, 1.165) is 0 Å². The van der Waals surface area contributed by atoms with Gasteiger partial charge in [-0.25, -0.2) is 13.4 Å². The Hall–Kier alpha value is -2.35. The minimum atomic E-state index is -3.71. The Labute approximate surface area is 116 Å². The second-order valence-corrected chi connectivity index (χ2v) is 5.51. The van der Waals surface area contributed by atoms with Gasteiger partial charge in [0.05, 0.1) is 11.5 Å². The second-order valence-electron chi connectivity index (χ2n) is 3.83. The highest BCUT2D eigenvalue weighted by Gasteiger charge is 2.15. The number of ether oxygens (including phenoxy) is 1. The van der Waals surface area contributed by atoms with Crippen LogP contribution < -0.4 is 15.2 Å². The molecule has 1 aromatic carbocycles. The molecule has 0 saturated carbocycles. The molecule has 0 fully saturated rings. The van der Waals surface area contributed by atoms with E-state index >= 15 is 0 Å². The van der Waals surface area contributed by atoms with E-state index in [4.69, 9.17) is 10.5 Å². The van der Waals surface area contributed by atoms with Crippen LogP contribution in [0.3, 0.4) is 0 Å². The summed E-state index contributed by atoms with van der Waals surface area (Å²) in [6, 6.07) is 7.42. The third-order valence-electron chi connectivity index (χ3n) is 2.34. The fourth-order valence-corrected chi connectivity index (χ4v) is 2.44. The summed E-state index contributed by atoms with van der Waals surface area (Å²) in [6.07, 6.45) is 1.42. The zero-order valence-electron chi connectivity index (χ0n) is 10.8. The molecule has 7 nitrogen and oxygen atoms in total. The summed E-state index contributed by atoms with van der Waals surface area (Å²) in [4.78, 5) is 7.90. The fourth-order valence-electron chi connectivity index (χ4n) is 1.44. The van der Waals surface area contributed by atoms with Gasteiger partial charge >= 0.3 is 6.01 Å². The number of benzene rings is 1. The SMILES string of the molecule is CCOc1nccc(NS(=O)(=O)c2ccc(N)cc2)n1. The Bertz CT molecular complexity index is 686. The van der Waals surface area contributed by atoms with Crippen molar-refractivity contribution in [2.75, 3.05) is 17.1 Å². The van der Waals surface area contributed by atoms with Crippen LogP contribution in [0.5, 0.6) is 6.01 Å². The molecule has 0 aliphatic heterocycles. The third kappa shape index (κ3) is 3.35. The summed E-state index contributed by atoms with van der Waals surface area (Å²) in [5.74, 6) is 0.139. The Balaban J connectivity index is 2.24. The van der Waals surface area contributed by atoms with Gasteiger partial charge in [0, 0.05) is 18.0 Å². The summed E-state index contributed by atoms with van der Waals surface area (Å²) in [6.45, 7) is 2.18. The summed E-state index contributed by atoms with van der Waals surface area (Å²) < 4.78 is 31.7. The Kier molecular flexibility index (Phi) is 4.04. The number of nitrogens with two attached hydrogens (primary N) is 1. The van der Waals surface area contributed by atoms with Crippen LogP contribution in [0.15, 0.2) is 41.4 Å². The first-order valence-corrected chi connectivity index (χ1v) is 7.34. The first-order chi connectivity index (χ1) is 9.51. The molecule has 0 atom stereocenters. The van der Waals surface area contributed by atoms with Gasteiger partial charge in [0.1, 0.15) is 5.82 Å². The van der Waals surface area contributed by atoms with E-state index in [1.54, 1.807) is 6.92 Å². The van der Waals surface area contributed by atoms with Crippen LogP contribution in [0.2, 0.25) is 0 Å². The Morgan fingerprint density at radius 2 is 1.95 bits per heavy atom. The number of anilines is 2. The van der Waals surface area contributed by atoms with Gasteiger partial charge in [0.15, 0.2) is 0 Å². The van der Waals surface area contributed by atoms with Gasteiger partial charge in [-0.1, -0.05) is 0 Å². The van der Waals surface area contributed by atoms with Crippen LogP contribution in [0.25, 0.3) is 0 Å². The number of hydrogen-bond acceptors (Lipinski definition) is 6. The Morgan fingerprint density at radius 1 is 1.25 bits per heavy atom. The topological polar surface area (TPSA) is 107 Å². The van der Waals surface area contributed by atoms with Crippen LogP contribution in [-0.2, 0) is 10.0 Å². The molecule has 1 heterocycles. The molecule has 2 rings (SSSR count). The van der Waals surface area contributed by atoms with Crippen molar-refractivity contribution in [2.24, 2.45) is 0 Å². The van der Waals surface area contributed by atoms with Gasteiger partial charge in [0.2, 0.25) is 0 Å². The largest absolute Gasteiger partial charge is 0.464 e. The fraction of sp³-hybridized carbons (Fsp3) is 0.167. The van der Waals surface area contributed by atoms with Crippen molar-refractivity contribution in [3.8, 4) is 6.01 Å². The van der Waals surface area contributed by atoms with Gasteiger partial charge in [-0.05, 0) is 31.2 Å². The molecule has 1 aromatic heterocycles. The van der Waals surface area contributed by atoms with Crippen molar-refractivity contribution in [3.63, 3.8) is 0 Å². The van der Waals surface area contributed by atoms with Gasteiger partial charge in [-0.15, -0.1) is 0 Å². The van der Waals surface area contributed by atoms with E-state index in [9.17, 15) is 8.42 Å². The lowest BCUT2D eigenvalue weighted by Gasteiger charge is -2.08. The van der Waals surface area contributed by atoms with Crippen molar-refractivity contribution in [1.82, 2.24) is 9.97 Å². The molecule has 0 unspecified atom stereocenters. The van der Waals surface area contributed by atoms with Crippen LogP contribution in [0.4, 0.5) is 11.5 Å². The van der Waals surface area contributed by atoms with Gasteiger partial charge in [0.25, 0.3) is 10.0 Å². The average molecular weight is 294 g/mol. The molecule has 0 spiro atoms. The number of sulfonamides is 1. The van der Waals surface area contributed by atoms with Crippen molar-refractivity contribution in [2.45, 2.75) is 11.8 Å². The maximum absolute atomic E-state index is 12.1. The minimum absolute atomic E-state index is 0.100. The molecule has 106 valence electrons. The molecule has 0 amide bonds. The summed E-state index contributed by atoms with van der Waals surface area (Å²) >= 11 is 0. The summed E-state index contributed by atoms with van der Waals surface area (Å²) in [5, 5.41) is 0. The molecule has 0 saturated heterocycles. The minimum Gasteiger partial charge on any atom is -0.464 e. The highest BCUT2D eigenvalue weighted by molar-refractivity contribution is 7.92. The van der Waals surface area contributed by atoms with E-state index in [2.05, 4.69) is 14.7 Å². The predicted molar refractivity (Wildman–Crippen MR) is 74.9 cm³/mol. The molecule has 0 aliphatic rings. The molecule has 0 bridgehead atoms. The summed E-state index contributed by atoms with van der Waals surface area (Å²) in [5.41, 5.74) is 6.01. The van der Waals surface area contributed by atoms with E-state index in [0.29, 0.717) is 12.3 Å². The predicted octanol–water partition coefficient (Wildman–Crippen LogP) is 1.26. The maximum atomic E-state index is 12.1. The summed E-state index contributed by atoms with van der Waals surface area (Å²) in [7, 11) is -3.71. The third-order valence-corrected chi connectivity index (χ3v) is 3.71. The van der Waals surface area contributed by atoms with Gasteiger partial charge < -0.3 is 10.5 Å². The maximum Gasteiger partial charge on any atom is 0.318 e. The monoisotopic (exact) mass is 294 g/mol. The molecule has 0 aliphatic carbocycles. The van der Waals surface area contributed by atoms with E-state index in [1.165, 1.54) is 36.5 Å². The number of nitrogens with zero attached hydrogens (tertiary/aromatic N) is 2. The normalized spacial score (nSPS) is 11.1. The lowest BCUT2D eigenvalue weighted by atomic mass is 10.3. The standard InChI is InChI=1S/C12H14N4O3S/c1-2-19-12-14-8-7-11(15-12)16-20(17,18)10-5-3-9(13)4-6-10/h3-8H,2,13H2,1H3,(H,14,15,16). The molecule has 20 heavy (non-hydrogen) atoms. The van der Waals surface area contributed by atoms with E-state index < -0.39 is 10.0 Å². The van der Waals surface area contributed by atoms with Gasteiger partial charge in [-0.3, -0.25) is 4.72 Å².